The quantitative estimate of drug-likeness (QED) is 0.832. The molecule has 1 rings (SSSR count). The minimum atomic E-state index is -0.967. The number of carbonyl (C=O) groups is 1. The molecule has 0 bridgehead atoms. The average molecular weight is 311 g/mol. The van der Waals surface area contributed by atoms with Crippen molar-refractivity contribution in [3.8, 4) is 11.8 Å². The second kappa shape index (κ2) is 8.38. The molecule has 0 aliphatic heterocycles. The molecule has 21 heavy (non-hydrogen) atoms. The van der Waals surface area contributed by atoms with Crippen molar-refractivity contribution in [2.75, 3.05) is 13.6 Å². The molecule has 0 aliphatic carbocycles. The Bertz CT molecular complexity index is 528. The second-order valence-corrected chi connectivity index (χ2v) is 5.21. The summed E-state index contributed by atoms with van der Waals surface area (Å²) in [6, 6.07) is 6.93. The summed E-state index contributed by atoms with van der Waals surface area (Å²) in [5.74, 6) is 0.446. The summed E-state index contributed by atoms with van der Waals surface area (Å²) in [6.07, 6.45) is 1.14. The van der Waals surface area contributed by atoms with Crippen LogP contribution in [0.25, 0.3) is 0 Å². The predicted molar refractivity (Wildman–Crippen MR) is 80.8 cm³/mol. The third kappa shape index (κ3) is 5.52. The highest BCUT2D eigenvalue weighted by molar-refractivity contribution is 6.30. The molecule has 0 spiro atoms. The second-order valence-electron chi connectivity index (χ2n) is 4.77. The van der Waals surface area contributed by atoms with Gasteiger partial charge in [0.25, 0.3) is 0 Å². The summed E-state index contributed by atoms with van der Waals surface area (Å²) in [6.45, 7) is 2.41. The van der Waals surface area contributed by atoms with Gasteiger partial charge in [-0.25, -0.2) is 4.79 Å². The van der Waals surface area contributed by atoms with Crippen LogP contribution in [0.15, 0.2) is 18.2 Å². The van der Waals surface area contributed by atoms with E-state index >= 15 is 0 Å². The number of ether oxygens (including phenoxy) is 1. The summed E-state index contributed by atoms with van der Waals surface area (Å²) in [5.41, 5.74) is 0.423. The van der Waals surface area contributed by atoms with Crippen molar-refractivity contribution in [1.29, 1.82) is 5.26 Å². The van der Waals surface area contributed by atoms with E-state index in [9.17, 15) is 4.79 Å². The third-order valence-corrected chi connectivity index (χ3v) is 3.32. The van der Waals surface area contributed by atoms with Gasteiger partial charge in [0.2, 0.25) is 0 Å². The van der Waals surface area contributed by atoms with E-state index in [1.54, 1.807) is 18.2 Å². The van der Waals surface area contributed by atoms with E-state index in [4.69, 9.17) is 26.7 Å². The zero-order chi connectivity index (χ0) is 15.8. The molecule has 0 aliphatic rings. The molecule has 0 heterocycles. The highest BCUT2D eigenvalue weighted by Gasteiger charge is 2.15. The Morgan fingerprint density at radius 3 is 2.81 bits per heavy atom. The summed E-state index contributed by atoms with van der Waals surface area (Å²) in [7, 11) is 1.52. The van der Waals surface area contributed by atoms with Crippen molar-refractivity contribution < 1.29 is 14.6 Å². The minimum absolute atomic E-state index is 0.151. The van der Waals surface area contributed by atoms with E-state index in [1.165, 1.54) is 11.9 Å². The minimum Gasteiger partial charge on any atom is -0.489 e. The molecule has 1 aromatic carbocycles. The molecule has 1 atom stereocenters. The van der Waals surface area contributed by atoms with Gasteiger partial charge in [0.05, 0.1) is 5.56 Å². The summed E-state index contributed by atoms with van der Waals surface area (Å²) < 4.78 is 5.86. The Morgan fingerprint density at radius 2 is 2.24 bits per heavy atom. The molecular formula is C15H19ClN2O3. The molecule has 6 heteroatoms. The summed E-state index contributed by atoms with van der Waals surface area (Å²) in [4.78, 5) is 12.0. The topological polar surface area (TPSA) is 73.6 Å². The number of carboxylic acid groups (broad SMARTS) is 1. The fourth-order valence-corrected chi connectivity index (χ4v) is 2.05. The van der Waals surface area contributed by atoms with E-state index in [2.05, 4.69) is 6.07 Å². The van der Waals surface area contributed by atoms with E-state index in [1.807, 2.05) is 6.92 Å². The Labute approximate surface area is 129 Å². The monoisotopic (exact) mass is 310 g/mol. The molecule has 1 N–H and O–H groups in total. The number of benzene rings is 1. The van der Waals surface area contributed by atoms with Gasteiger partial charge in [-0.15, -0.1) is 0 Å². The zero-order valence-corrected chi connectivity index (χ0v) is 12.9. The van der Waals surface area contributed by atoms with Crippen LogP contribution in [0.1, 0.15) is 31.7 Å². The first kappa shape index (κ1) is 17.1. The number of nitrogens with zero attached hydrogens (tertiary/aromatic N) is 2. The molecule has 5 nitrogen and oxygen atoms in total. The Morgan fingerprint density at radius 1 is 1.52 bits per heavy atom. The maximum atomic E-state index is 10.8. The highest BCUT2D eigenvalue weighted by Crippen LogP contribution is 2.25. The normalized spacial score (nSPS) is 11.5. The van der Waals surface area contributed by atoms with Gasteiger partial charge in [0.15, 0.2) is 0 Å². The van der Waals surface area contributed by atoms with Gasteiger partial charge in [-0.2, -0.15) is 5.26 Å². The van der Waals surface area contributed by atoms with Crippen LogP contribution in [0.4, 0.5) is 4.79 Å². The number of hydrogen-bond donors (Lipinski definition) is 1. The van der Waals surface area contributed by atoms with Gasteiger partial charge in [-0.3, -0.25) is 0 Å². The number of halogens is 1. The first-order chi connectivity index (χ1) is 9.97. The molecule has 0 saturated carbocycles. The fraction of sp³-hybridized carbons (Fsp3) is 0.467. The standard InChI is InChI=1S/C15H19ClN2O3/c1-3-4-13(7-8-18(2)15(19)20)21-14-9-12(16)6-5-11(14)10-17/h5-6,9,13H,3-4,7-8H2,1-2H3,(H,19,20). The molecule has 0 aromatic heterocycles. The highest BCUT2D eigenvalue weighted by atomic mass is 35.5. The van der Waals surface area contributed by atoms with Gasteiger partial charge < -0.3 is 14.7 Å². The van der Waals surface area contributed by atoms with Crippen LogP contribution in [0.2, 0.25) is 5.02 Å². The van der Waals surface area contributed by atoms with E-state index in [0.717, 1.165) is 12.8 Å². The maximum absolute atomic E-state index is 10.8. The number of hydrogen-bond acceptors (Lipinski definition) is 3. The lowest BCUT2D eigenvalue weighted by Gasteiger charge is -2.22. The first-order valence-electron chi connectivity index (χ1n) is 6.78. The van der Waals surface area contributed by atoms with Crippen molar-refractivity contribution >= 4 is 17.7 Å². The maximum Gasteiger partial charge on any atom is 0.407 e. The molecule has 1 aromatic rings. The lowest BCUT2D eigenvalue weighted by Crippen LogP contribution is -2.30. The van der Waals surface area contributed by atoms with E-state index in [-0.39, 0.29) is 6.10 Å². The van der Waals surface area contributed by atoms with Crippen molar-refractivity contribution in [1.82, 2.24) is 4.90 Å². The molecule has 0 radical (unpaired) electrons. The Balaban J connectivity index is 2.76. The van der Waals surface area contributed by atoms with E-state index < -0.39 is 6.09 Å². The SMILES string of the molecule is CCCC(CCN(C)C(=O)O)Oc1cc(Cl)ccc1C#N. The van der Waals surface area contributed by atoms with Crippen LogP contribution < -0.4 is 4.74 Å². The van der Waals surface area contributed by atoms with Crippen LogP contribution in [0.3, 0.4) is 0 Å². The van der Waals surface area contributed by atoms with Crippen molar-refractivity contribution in [2.45, 2.75) is 32.3 Å². The summed E-state index contributed by atoms with van der Waals surface area (Å²) >= 11 is 5.93. The van der Waals surface area contributed by atoms with E-state index in [0.29, 0.717) is 29.3 Å². The first-order valence-corrected chi connectivity index (χ1v) is 7.16. The molecule has 114 valence electrons. The smallest absolute Gasteiger partial charge is 0.407 e. The molecular weight excluding hydrogens is 292 g/mol. The van der Waals surface area contributed by atoms with Crippen LogP contribution in [0.5, 0.6) is 5.75 Å². The third-order valence-electron chi connectivity index (χ3n) is 3.08. The lowest BCUT2D eigenvalue weighted by molar-refractivity contribution is 0.136. The van der Waals surface area contributed by atoms with Crippen molar-refractivity contribution in [3.63, 3.8) is 0 Å². The van der Waals surface area contributed by atoms with Gasteiger partial charge in [-0.05, 0) is 18.6 Å². The number of amides is 1. The Kier molecular flexibility index (Phi) is 6.83. The van der Waals surface area contributed by atoms with Crippen LogP contribution in [-0.4, -0.2) is 35.8 Å². The predicted octanol–water partition coefficient (Wildman–Crippen LogP) is 3.76. The number of nitriles is 1. The summed E-state index contributed by atoms with van der Waals surface area (Å²) in [5, 5.41) is 18.4. The number of rotatable bonds is 7. The van der Waals surface area contributed by atoms with Gasteiger partial charge >= 0.3 is 6.09 Å². The fourth-order valence-electron chi connectivity index (χ4n) is 1.88. The van der Waals surface area contributed by atoms with Crippen LogP contribution in [0, 0.1) is 11.3 Å². The van der Waals surface area contributed by atoms with Crippen LogP contribution in [-0.2, 0) is 0 Å². The molecule has 0 saturated heterocycles. The zero-order valence-electron chi connectivity index (χ0n) is 12.2. The van der Waals surface area contributed by atoms with Crippen LogP contribution >= 0.6 is 11.6 Å². The largest absolute Gasteiger partial charge is 0.489 e. The molecule has 0 fully saturated rings. The average Bonchev–Trinajstić information content (AvgIpc) is 2.44. The lowest BCUT2D eigenvalue weighted by atomic mass is 10.1. The molecule has 1 unspecified atom stereocenters. The Hall–Kier alpha value is -1.93. The van der Waals surface area contributed by atoms with Crippen molar-refractivity contribution in [3.05, 3.63) is 28.8 Å². The van der Waals surface area contributed by atoms with Crippen molar-refractivity contribution in [2.24, 2.45) is 0 Å². The van der Waals surface area contributed by atoms with Gasteiger partial charge in [0.1, 0.15) is 17.9 Å². The van der Waals surface area contributed by atoms with Gasteiger partial charge in [-0.1, -0.05) is 24.9 Å². The molecule has 1 amide bonds. The van der Waals surface area contributed by atoms with Gasteiger partial charge in [0, 0.05) is 31.1 Å².